The number of aromatic nitrogens is 3. The van der Waals surface area contributed by atoms with Gasteiger partial charge in [-0.3, -0.25) is 23.9 Å². The molecule has 0 bridgehead atoms. The van der Waals surface area contributed by atoms with Crippen LogP contribution < -0.4 is 10.9 Å². The van der Waals surface area contributed by atoms with Crippen molar-refractivity contribution in [3.8, 4) is 0 Å². The van der Waals surface area contributed by atoms with Crippen molar-refractivity contribution >= 4 is 46.2 Å². The fourth-order valence-electron chi connectivity index (χ4n) is 5.23. The van der Waals surface area contributed by atoms with Gasteiger partial charge in [-0.05, 0) is 48.4 Å². The molecule has 2 aliphatic heterocycles. The number of likely N-dealkylation sites (tertiary alicyclic amines) is 1. The highest BCUT2D eigenvalue weighted by Gasteiger charge is 2.29. The van der Waals surface area contributed by atoms with E-state index >= 15 is 0 Å². The Morgan fingerprint density at radius 2 is 1.93 bits per heavy atom. The van der Waals surface area contributed by atoms with E-state index in [9.17, 15) is 14.4 Å². The molecule has 2 amide bonds. The van der Waals surface area contributed by atoms with Crippen molar-refractivity contribution in [1.82, 2.24) is 29.2 Å². The molecular formula is C29H35N7O3S. The van der Waals surface area contributed by atoms with Gasteiger partial charge in [0.15, 0.2) is 0 Å². The van der Waals surface area contributed by atoms with Gasteiger partial charge < -0.3 is 15.1 Å². The SMILES string of the molecule is C=CC(=O)N1CC(CCn2c(=O)ccc3cnc(Nc4cccc(CN5CCN(C(=O)CSC)CC5)c4)nc32)C1. The van der Waals surface area contributed by atoms with Crippen molar-refractivity contribution in [2.24, 2.45) is 5.92 Å². The molecule has 0 spiro atoms. The Kier molecular flexibility index (Phi) is 8.81. The summed E-state index contributed by atoms with van der Waals surface area (Å²) in [5.41, 5.74) is 2.52. The van der Waals surface area contributed by atoms with E-state index in [0.29, 0.717) is 42.9 Å². The molecule has 11 heteroatoms. The van der Waals surface area contributed by atoms with Crippen LogP contribution >= 0.6 is 11.8 Å². The summed E-state index contributed by atoms with van der Waals surface area (Å²) < 4.78 is 1.69. The molecule has 0 atom stereocenters. The van der Waals surface area contributed by atoms with Gasteiger partial charge in [0.1, 0.15) is 5.65 Å². The van der Waals surface area contributed by atoms with E-state index in [1.54, 1.807) is 39.6 Å². The molecule has 3 aromatic rings. The second-order valence-corrected chi connectivity index (χ2v) is 11.2. The van der Waals surface area contributed by atoms with Gasteiger partial charge in [-0.15, -0.1) is 0 Å². The Labute approximate surface area is 238 Å². The van der Waals surface area contributed by atoms with Gasteiger partial charge in [-0.25, -0.2) is 4.98 Å². The predicted octanol–water partition coefficient (Wildman–Crippen LogP) is 2.58. The summed E-state index contributed by atoms with van der Waals surface area (Å²) in [4.78, 5) is 51.9. The van der Waals surface area contributed by atoms with E-state index in [0.717, 1.165) is 55.8 Å². The number of nitrogens with zero attached hydrogens (tertiary/aromatic N) is 6. The maximum absolute atomic E-state index is 12.7. The minimum absolute atomic E-state index is 0.0492. The number of anilines is 2. The summed E-state index contributed by atoms with van der Waals surface area (Å²) in [6.45, 7) is 9.47. The van der Waals surface area contributed by atoms with Gasteiger partial charge in [0.05, 0.1) is 5.75 Å². The Morgan fingerprint density at radius 3 is 2.67 bits per heavy atom. The molecule has 1 aromatic carbocycles. The van der Waals surface area contributed by atoms with Crippen molar-refractivity contribution in [2.45, 2.75) is 19.5 Å². The van der Waals surface area contributed by atoms with Gasteiger partial charge in [-0.1, -0.05) is 18.7 Å². The largest absolute Gasteiger partial charge is 0.339 e. The number of carbonyl (C=O) groups excluding carboxylic acids is 2. The molecule has 2 saturated heterocycles. The third kappa shape index (κ3) is 6.53. The van der Waals surface area contributed by atoms with Crippen LogP contribution in [-0.4, -0.2) is 92.3 Å². The summed E-state index contributed by atoms with van der Waals surface area (Å²) in [5.74, 6) is 1.49. The average Bonchev–Trinajstić information content (AvgIpc) is 2.93. The van der Waals surface area contributed by atoms with Crippen LogP contribution in [0.1, 0.15) is 12.0 Å². The third-order valence-electron chi connectivity index (χ3n) is 7.51. The number of rotatable bonds is 10. The molecule has 4 heterocycles. The number of pyridine rings is 1. The normalized spacial score (nSPS) is 16.1. The van der Waals surface area contributed by atoms with Gasteiger partial charge in [0.2, 0.25) is 17.8 Å². The minimum atomic E-state index is -0.104. The standard InChI is InChI=1S/C29H35N7O3S/c1-3-25(37)35-18-22(19-35)9-10-36-26(38)8-7-23-16-30-29(32-28(23)36)31-24-6-4-5-21(15-24)17-33-11-13-34(14-12-33)27(39)20-40-2/h3-8,15-16,22H,1,9-14,17-20H2,2H3,(H,30,31,32). The topological polar surface area (TPSA) is 104 Å². The average molecular weight is 562 g/mol. The van der Waals surface area contributed by atoms with Crippen LogP contribution in [0.5, 0.6) is 0 Å². The number of thioether (sulfide) groups is 1. The van der Waals surface area contributed by atoms with Crippen molar-refractivity contribution in [2.75, 3.05) is 56.6 Å². The molecule has 40 heavy (non-hydrogen) atoms. The highest BCUT2D eigenvalue weighted by molar-refractivity contribution is 7.99. The van der Waals surface area contributed by atoms with Gasteiger partial charge in [-0.2, -0.15) is 16.7 Å². The van der Waals surface area contributed by atoms with Crippen molar-refractivity contribution in [3.63, 3.8) is 0 Å². The zero-order valence-electron chi connectivity index (χ0n) is 22.8. The number of fused-ring (bicyclic) bond motifs is 1. The van der Waals surface area contributed by atoms with Gasteiger partial charge in [0.25, 0.3) is 5.56 Å². The van der Waals surface area contributed by atoms with Crippen LogP contribution in [0.2, 0.25) is 0 Å². The van der Waals surface area contributed by atoms with Crippen LogP contribution in [0, 0.1) is 5.92 Å². The lowest BCUT2D eigenvalue weighted by atomic mass is 9.96. The van der Waals surface area contributed by atoms with Crippen molar-refractivity contribution in [3.05, 3.63) is 71.2 Å². The Hall–Kier alpha value is -3.70. The number of aryl methyl sites for hydroxylation is 1. The van der Waals surface area contributed by atoms with Crippen molar-refractivity contribution < 1.29 is 9.59 Å². The lowest BCUT2D eigenvalue weighted by Gasteiger charge is -2.38. The number of hydrogen-bond donors (Lipinski definition) is 1. The summed E-state index contributed by atoms with van der Waals surface area (Å²) in [5, 5.41) is 4.10. The zero-order valence-corrected chi connectivity index (χ0v) is 23.6. The zero-order chi connectivity index (χ0) is 28.1. The van der Waals surface area contributed by atoms with Crippen LogP contribution in [0.3, 0.4) is 0 Å². The van der Waals surface area contributed by atoms with E-state index in [2.05, 4.69) is 33.9 Å². The monoisotopic (exact) mass is 561 g/mol. The quantitative estimate of drug-likeness (QED) is 0.377. The molecule has 0 radical (unpaired) electrons. The second kappa shape index (κ2) is 12.6. The Balaban J connectivity index is 1.22. The first kappa shape index (κ1) is 27.9. The Bertz CT molecular complexity index is 1450. The molecule has 210 valence electrons. The first-order chi connectivity index (χ1) is 19.4. The summed E-state index contributed by atoms with van der Waals surface area (Å²) in [6, 6.07) is 11.5. The van der Waals surface area contributed by atoms with Gasteiger partial charge >= 0.3 is 0 Å². The minimum Gasteiger partial charge on any atom is -0.339 e. The van der Waals surface area contributed by atoms with Crippen LogP contribution in [-0.2, 0) is 22.7 Å². The van der Waals surface area contributed by atoms with Crippen LogP contribution in [0.25, 0.3) is 11.0 Å². The highest BCUT2D eigenvalue weighted by atomic mass is 32.2. The third-order valence-corrected chi connectivity index (χ3v) is 8.05. The highest BCUT2D eigenvalue weighted by Crippen LogP contribution is 2.22. The summed E-state index contributed by atoms with van der Waals surface area (Å²) in [6.07, 6.45) is 5.81. The molecule has 1 N–H and O–H groups in total. The number of nitrogens with one attached hydrogen (secondary N) is 1. The molecule has 2 aliphatic rings. The lowest BCUT2D eigenvalue weighted by molar-refractivity contribution is -0.132. The van der Waals surface area contributed by atoms with Crippen LogP contribution in [0.15, 0.2) is 60.0 Å². The van der Waals surface area contributed by atoms with E-state index in [1.165, 1.54) is 6.08 Å². The lowest BCUT2D eigenvalue weighted by Crippen LogP contribution is -2.49. The molecular weight excluding hydrogens is 526 g/mol. The number of amides is 2. The first-order valence-electron chi connectivity index (χ1n) is 13.6. The maximum atomic E-state index is 12.7. The molecule has 0 aliphatic carbocycles. The smallest absolute Gasteiger partial charge is 0.252 e. The summed E-state index contributed by atoms with van der Waals surface area (Å²) >= 11 is 1.57. The van der Waals surface area contributed by atoms with Crippen molar-refractivity contribution in [1.29, 1.82) is 0 Å². The molecule has 5 rings (SSSR count). The molecule has 10 nitrogen and oxygen atoms in total. The molecule has 2 aromatic heterocycles. The second-order valence-electron chi connectivity index (χ2n) is 10.3. The number of hydrogen-bond acceptors (Lipinski definition) is 8. The predicted molar refractivity (Wildman–Crippen MR) is 159 cm³/mol. The van der Waals surface area contributed by atoms with Gasteiger partial charge in [0, 0.05) is 75.7 Å². The van der Waals surface area contributed by atoms with E-state index < -0.39 is 0 Å². The number of carbonyl (C=O) groups is 2. The fraction of sp³-hybridized carbons (Fsp3) is 0.414. The summed E-state index contributed by atoms with van der Waals surface area (Å²) in [7, 11) is 0. The maximum Gasteiger partial charge on any atom is 0.252 e. The fourth-order valence-corrected chi connectivity index (χ4v) is 5.66. The molecule has 0 unspecified atom stereocenters. The first-order valence-corrected chi connectivity index (χ1v) is 15.0. The van der Waals surface area contributed by atoms with Crippen LogP contribution in [0.4, 0.5) is 11.6 Å². The Morgan fingerprint density at radius 1 is 1.12 bits per heavy atom. The van der Waals surface area contributed by atoms with E-state index in [4.69, 9.17) is 4.98 Å². The number of piperazine rings is 1. The van der Waals surface area contributed by atoms with E-state index in [-0.39, 0.29) is 17.4 Å². The molecule has 0 saturated carbocycles. The molecule has 2 fully saturated rings. The van der Waals surface area contributed by atoms with E-state index in [1.807, 2.05) is 23.3 Å². The number of benzene rings is 1.